The molecule has 1 fully saturated rings. The fraction of sp³-hybridized carbons (Fsp3) is 1.00. The van der Waals surface area contributed by atoms with Crippen LogP contribution in [0.4, 0.5) is 0 Å². The highest BCUT2D eigenvalue weighted by Crippen LogP contribution is 1.97. The third-order valence-electron chi connectivity index (χ3n) is 3.64. The fourth-order valence-corrected chi connectivity index (χ4v) is 2.23. The summed E-state index contributed by atoms with van der Waals surface area (Å²) in [6, 6.07) is 0. The molecule has 5 heteroatoms. The van der Waals surface area contributed by atoms with Crippen molar-refractivity contribution in [1.82, 2.24) is 9.80 Å². The van der Waals surface area contributed by atoms with Gasteiger partial charge in [0.25, 0.3) is 0 Å². The van der Waals surface area contributed by atoms with Crippen molar-refractivity contribution in [3.05, 3.63) is 0 Å². The molecule has 1 aliphatic heterocycles. The molecule has 0 amide bonds. The second-order valence-electron chi connectivity index (χ2n) is 5.17. The predicted octanol–water partition coefficient (Wildman–Crippen LogP) is 1.72. The monoisotopic (exact) mass is 304 g/mol. The van der Waals surface area contributed by atoms with E-state index in [0.717, 1.165) is 72.0 Å². The lowest BCUT2D eigenvalue weighted by Gasteiger charge is -2.26. The van der Waals surface area contributed by atoms with Gasteiger partial charge in [-0.05, 0) is 25.9 Å². The minimum absolute atomic E-state index is 0.872. The van der Waals surface area contributed by atoms with Gasteiger partial charge in [-0.25, -0.2) is 0 Å². The first-order valence-corrected chi connectivity index (χ1v) is 8.28. The van der Waals surface area contributed by atoms with Crippen LogP contribution in [-0.2, 0) is 14.2 Å². The molecule has 1 heterocycles. The van der Waals surface area contributed by atoms with E-state index in [2.05, 4.69) is 23.6 Å². The first kappa shape index (κ1) is 20.8. The van der Waals surface area contributed by atoms with Crippen LogP contribution < -0.4 is 0 Å². The normalized spacial score (nSPS) is 15.9. The number of methoxy groups -OCH3 is 2. The van der Waals surface area contributed by atoms with Gasteiger partial charge in [0.05, 0.1) is 13.2 Å². The molecule has 0 atom stereocenters. The van der Waals surface area contributed by atoms with Gasteiger partial charge >= 0.3 is 0 Å². The highest BCUT2D eigenvalue weighted by molar-refractivity contribution is 4.60. The average molecular weight is 304 g/mol. The van der Waals surface area contributed by atoms with Crippen molar-refractivity contribution in [1.29, 1.82) is 0 Å². The van der Waals surface area contributed by atoms with Gasteiger partial charge in [-0.2, -0.15) is 0 Å². The zero-order valence-corrected chi connectivity index (χ0v) is 14.6. The van der Waals surface area contributed by atoms with Crippen LogP contribution in [0.15, 0.2) is 0 Å². The molecule has 0 unspecified atom stereocenters. The van der Waals surface area contributed by atoms with Crippen LogP contribution in [0.5, 0.6) is 0 Å². The smallest absolute Gasteiger partial charge is 0.0594 e. The molecule has 0 saturated carbocycles. The Morgan fingerprint density at radius 3 is 2.05 bits per heavy atom. The van der Waals surface area contributed by atoms with E-state index in [0.29, 0.717) is 0 Å². The van der Waals surface area contributed by atoms with Crippen molar-refractivity contribution >= 4 is 0 Å². The minimum Gasteiger partial charge on any atom is -0.385 e. The van der Waals surface area contributed by atoms with Crippen molar-refractivity contribution in [3.63, 3.8) is 0 Å². The summed E-state index contributed by atoms with van der Waals surface area (Å²) in [4.78, 5) is 4.82. The SMILES string of the molecule is CCN(CC)CCCOC.COCCCN1CCOCC1. The first-order valence-electron chi connectivity index (χ1n) is 8.28. The molecule has 21 heavy (non-hydrogen) atoms. The standard InChI is InChI=1S/C8H17NO2.C8H19NO/c1-10-6-2-3-9-4-7-11-8-5-9;1-4-9(5-2)7-6-8-10-3/h2-8H2,1H3;4-8H2,1-3H3. The minimum atomic E-state index is 0.872. The number of morpholine rings is 1. The van der Waals surface area contributed by atoms with Gasteiger partial charge in [0.15, 0.2) is 0 Å². The molecule has 0 spiro atoms. The van der Waals surface area contributed by atoms with Gasteiger partial charge in [-0.15, -0.1) is 0 Å². The van der Waals surface area contributed by atoms with E-state index in [1.54, 1.807) is 14.2 Å². The molecule has 128 valence electrons. The molecule has 0 bridgehead atoms. The molecule has 5 nitrogen and oxygen atoms in total. The molecule has 0 aromatic heterocycles. The number of hydrogen-bond acceptors (Lipinski definition) is 5. The number of ether oxygens (including phenoxy) is 3. The molecule has 0 N–H and O–H groups in total. The Bertz CT molecular complexity index is 196. The summed E-state index contributed by atoms with van der Waals surface area (Å²) in [6.45, 7) is 14.7. The Hall–Kier alpha value is -0.200. The predicted molar refractivity (Wildman–Crippen MR) is 88.0 cm³/mol. The van der Waals surface area contributed by atoms with Crippen molar-refractivity contribution in [2.75, 3.05) is 79.9 Å². The van der Waals surface area contributed by atoms with Crippen LogP contribution in [0.25, 0.3) is 0 Å². The summed E-state index contributed by atoms with van der Waals surface area (Å²) in [5, 5.41) is 0. The van der Waals surface area contributed by atoms with Crippen LogP contribution >= 0.6 is 0 Å². The maximum absolute atomic E-state index is 5.23. The lowest BCUT2D eigenvalue weighted by molar-refractivity contribution is 0.0340. The summed E-state index contributed by atoms with van der Waals surface area (Å²) in [5.41, 5.74) is 0. The Kier molecular flexibility index (Phi) is 16.0. The second kappa shape index (κ2) is 16.2. The van der Waals surface area contributed by atoms with E-state index in [4.69, 9.17) is 14.2 Å². The summed E-state index contributed by atoms with van der Waals surface area (Å²) >= 11 is 0. The van der Waals surface area contributed by atoms with Crippen LogP contribution in [0.1, 0.15) is 26.7 Å². The van der Waals surface area contributed by atoms with Crippen LogP contribution in [-0.4, -0.2) is 89.7 Å². The zero-order valence-electron chi connectivity index (χ0n) is 14.6. The third-order valence-corrected chi connectivity index (χ3v) is 3.64. The lowest BCUT2D eigenvalue weighted by Crippen LogP contribution is -2.37. The first-order chi connectivity index (χ1) is 10.3. The van der Waals surface area contributed by atoms with Crippen molar-refractivity contribution in [2.24, 2.45) is 0 Å². The molecule has 0 radical (unpaired) electrons. The topological polar surface area (TPSA) is 34.2 Å². The number of rotatable bonds is 10. The Morgan fingerprint density at radius 2 is 1.52 bits per heavy atom. The van der Waals surface area contributed by atoms with E-state index in [9.17, 15) is 0 Å². The summed E-state index contributed by atoms with van der Waals surface area (Å²) < 4.78 is 15.2. The van der Waals surface area contributed by atoms with Gasteiger partial charge < -0.3 is 19.1 Å². The molecule has 1 saturated heterocycles. The average Bonchev–Trinajstić information content (AvgIpc) is 2.54. The molecule has 0 aromatic carbocycles. The lowest BCUT2D eigenvalue weighted by atomic mass is 10.3. The molecule has 0 aliphatic carbocycles. The van der Waals surface area contributed by atoms with Crippen LogP contribution in [0, 0.1) is 0 Å². The zero-order chi connectivity index (χ0) is 15.8. The third kappa shape index (κ3) is 13.2. The Labute approximate surface area is 131 Å². The molecule has 0 aromatic rings. The van der Waals surface area contributed by atoms with Gasteiger partial charge in [0, 0.05) is 53.6 Å². The summed E-state index contributed by atoms with van der Waals surface area (Å²) in [6.07, 6.45) is 2.29. The number of nitrogens with zero attached hydrogens (tertiary/aromatic N) is 2. The number of hydrogen-bond donors (Lipinski definition) is 0. The quantitative estimate of drug-likeness (QED) is 0.574. The molecular weight excluding hydrogens is 268 g/mol. The highest BCUT2D eigenvalue weighted by atomic mass is 16.5. The van der Waals surface area contributed by atoms with Gasteiger partial charge in [0.2, 0.25) is 0 Å². The maximum atomic E-state index is 5.23. The van der Waals surface area contributed by atoms with Gasteiger partial charge in [0.1, 0.15) is 0 Å². The van der Waals surface area contributed by atoms with E-state index in [-0.39, 0.29) is 0 Å². The van der Waals surface area contributed by atoms with E-state index < -0.39 is 0 Å². The van der Waals surface area contributed by atoms with Crippen molar-refractivity contribution in [2.45, 2.75) is 26.7 Å². The molecule has 1 aliphatic rings. The van der Waals surface area contributed by atoms with Crippen LogP contribution in [0.2, 0.25) is 0 Å². The van der Waals surface area contributed by atoms with E-state index in [1.165, 1.54) is 6.54 Å². The molecule has 1 rings (SSSR count). The molecular formula is C16H36N2O3. The van der Waals surface area contributed by atoms with Gasteiger partial charge in [-0.1, -0.05) is 13.8 Å². The largest absolute Gasteiger partial charge is 0.385 e. The van der Waals surface area contributed by atoms with Gasteiger partial charge in [-0.3, -0.25) is 4.90 Å². The summed E-state index contributed by atoms with van der Waals surface area (Å²) in [5.74, 6) is 0. The highest BCUT2D eigenvalue weighted by Gasteiger charge is 2.08. The Balaban J connectivity index is 0.000000384. The second-order valence-corrected chi connectivity index (χ2v) is 5.17. The maximum Gasteiger partial charge on any atom is 0.0594 e. The van der Waals surface area contributed by atoms with E-state index in [1.807, 2.05) is 0 Å². The fourth-order valence-electron chi connectivity index (χ4n) is 2.23. The van der Waals surface area contributed by atoms with Crippen molar-refractivity contribution < 1.29 is 14.2 Å². The summed E-state index contributed by atoms with van der Waals surface area (Å²) in [7, 11) is 3.50. The van der Waals surface area contributed by atoms with Crippen molar-refractivity contribution in [3.8, 4) is 0 Å². The Morgan fingerprint density at radius 1 is 0.952 bits per heavy atom. The van der Waals surface area contributed by atoms with Crippen LogP contribution in [0.3, 0.4) is 0 Å². The van der Waals surface area contributed by atoms with E-state index >= 15 is 0 Å².